The fraction of sp³-hybridized carbons (Fsp3) is 0.300. The Morgan fingerprint density at radius 1 is 1.17 bits per heavy atom. The molecule has 0 radical (unpaired) electrons. The highest BCUT2D eigenvalue weighted by atomic mass is 79.9. The third kappa shape index (κ3) is 4.78. The zero-order valence-corrected chi connectivity index (χ0v) is 15.9. The Hall–Kier alpha value is -1.94. The van der Waals surface area contributed by atoms with E-state index in [1.54, 1.807) is 6.08 Å². The highest BCUT2D eigenvalue weighted by Crippen LogP contribution is 2.37. The van der Waals surface area contributed by atoms with Crippen LogP contribution in [-0.4, -0.2) is 13.2 Å². The number of hydrogen-bond acceptors (Lipinski definition) is 3. The molecule has 0 aliphatic carbocycles. The van der Waals surface area contributed by atoms with Crippen molar-refractivity contribution in [2.24, 2.45) is 0 Å². The Morgan fingerprint density at radius 3 is 2.67 bits per heavy atom. The van der Waals surface area contributed by atoms with E-state index in [2.05, 4.69) is 65.1 Å². The van der Waals surface area contributed by atoms with Crippen LogP contribution in [0.5, 0.6) is 11.5 Å². The quantitative estimate of drug-likeness (QED) is 0.567. The van der Waals surface area contributed by atoms with E-state index in [0.29, 0.717) is 13.2 Å². The van der Waals surface area contributed by atoms with Crippen molar-refractivity contribution >= 4 is 21.6 Å². The van der Waals surface area contributed by atoms with Crippen LogP contribution in [0.15, 0.2) is 53.5 Å². The molecule has 0 unspecified atom stereocenters. The van der Waals surface area contributed by atoms with Crippen LogP contribution in [0.3, 0.4) is 0 Å². The van der Waals surface area contributed by atoms with Crippen molar-refractivity contribution in [1.82, 2.24) is 0 Å². The van der Waals surface area contributed by atoms with Crippen molar-refractivity contribution in [1.29, 1.82) is 0 Å². The highest BCUT2D eigenvalue weighted by molar-refractivity contribution is 9.10. The van der Waals surface area contributed by atoms with Gasteiger partial charge in [-0.05, 0) is 58.6 Å². The van der Waals surface area contributed by atoms with Crippen LogP contribution in [0, 0.1) is 0 Å². The minimum atomic E-state index is 0.445. The van der Waals surface area contributed by atoms with Crippen molar-refractivity contribution in [2.45, 2.75) is 26.8 Å². The summed E-state index contributed by atoms with van der Waals surface area (Å²) in [7, 11) is 0. The molecule has 0 saturated carbocycles. The summed E-state index contributed by atoms with van der Waals surface area (Å²) in [6, 6.07) is 12.5. The van der Waals surface area contributed by atoms with Crippen molar-refractivity contribution in [3.8, 4) is 11.5 Å². The van der Waals surface area contributed by atoms with Crippen LogP contribution in [0.1, 0.15) is 25.0 Å². The summed E-state index contributed by atoms with van der Waals surface area (Å²) in [6.07, 6.45) is 2.73. The summed E-state index contributed by atoms with van der Waals surface area (Å²) >= 11 is 3.59. The first-order valence-corrected chi connectivity index (χ1v) is 8.99. The summed E-state index contributed by atoms with van der Waals surface area (Å²) in [5.41, 5.74) is 3.61. The lowest BCUT2D eigenvalue weighted by atomic mass is 10.1. The fourth-order valence-corrected chi connectivity index (χ4v) is 3.07. The van der Waals surface area contributed by atoms with Crippen LogP contribution in [0.4, 0.5) is 5.69 Å². The molecule has 0 heterocycles. The van der Waals surface area contributed by atoms with Crippen LogP contribution in [0.25, 0.3) is 0 Å². The number of aryl methyl sites for hydroxylation is 1. The first kappa shape index (κ1) is 18.4. The molecule has 0 aliphatic heterocycles. The first-order valence-electron chi connectivity index (χ1n) is 8.20. The molecule has 24 heavy (non-hydrogen) atoms. The van der Waals surface area contributed by atoms with Gasteiger partial charge in [-0.2, -0.15) is 0 Å². The van der Waals surface area contributed by atoms with E-state index in [0.717, 1.165) is 34.5 Å². The van der Waals surface area contributed by atoms with Gasteiger partial charge in [0, 0.05) is 12.2 Å². The topological polar surface area (TPSA) is 30.5 Å². The standard InChI is InChI=1S/C20H24BrNO2/c1-4-11-24-20-17(21)12-15(13-19(20)23-6-3)14-22-18-10-8-7-9-16(18)5-2/h4,7-10,12-13,22H,1,5-6,11,14H2,2-3H3. The number of para-hydroxylation sites is 1. The molecule has 1 N–H and O–H groups in total. The summed E-state index contributed by atoms with van der Waals surface area (Å²) in [5, 5.41) is 3.51. The van der Waals surface area contributed by atoms with Gasteiger partial charge in [0.05, 0.1) is 11.1 Å². The monoisotopic (exact) mass is 389 g/mol. The SMILES string of the molecule is C=CCOc1c(Br)cc(CNc2ccccc2CC)cc1OCC. The Labute approximate surface area is 152 Å². The summed E-state index contributed by atoms with van der Waals surface area (Å²) in [5.74, 6) is 1.46. The number of rotatable bonds is 9. The van der Waals surface area contributed by atoms with Crippen LogP contribution < -0.4 is 14.8 Å². The average molecular weight is 390 g/mol. The van der Waals surface area contributed by atoms with Crippen molar-refractivity contribution < 1.29 is 9.47 Å². The molecule has 0 aromatic heterocycles. The van der Waals surface area contributed by atoms with E-state index in [-0.39, 0.29) is 0 Å². The van der Waals surface area contributed by atoms with E-state index in [9.17, 15) is 0 Å². The number of benzene rings is 2. The third-order valence-electron chi connectivity index (χ3n) is 3.60. The normalized spacial score (nSPS) is 10.3. The van der Waals surface area contributed by atoms with Crippen molar-refractivity contribution in [3.63, 3.8) is 0 Å². The predicted molar refractivity (Wildman–Crippen MR) is 104 cm³/mol. The second-order valence-corrected chi connectivity index (χ2v) is 6.16. The second kappa shape index (κ2) is 9.38. The maximum Gasteiger partial charge on any atom is 0.175 e. The largest absolute Gasteiger partial charge is 0.490 e. The molecule has 0 aliphatic rings. The Morgan fingerprint density at radius 2 is 1.96 bits per heavy atom. The predicted octanol–water partition coefficient (Wildman–Crippen LogP) is 5.59. The number of nitrogens with one attached hydrogen (secondary N) is 1. The summed E-state index contributed by atoms with van der Waals surface area (Å²) in [4.78, 5) is 0. The lowest BCUT2D eigenvalue weighted by molar-refractivity contribution is 0.295. The maximum absolute atomic E-state index is 5.74. The zero-order valence-electron chi connectivity index (χ0n) is 14.3. The van der Waals surface area contributed by atoms with Crippen LogP contribution in [0.2, 0.25) is 0 Å². The van der Waals surface area contributed by atoms with Gasteiger partial charge in [0.25, 0.3) is 0 Å². The van der Waals surface area contributed by atoms with Crippen LogP contribution >= 0.6 is 15.9 Å². The molecular formula is C20H24BrNO2. The highest BCUT2D eigenvalue weighted by Gasteiger charge is 2.12. The van der Waals surface area contributed by atoms with E-state index >= 15 is 0 Å². The molecule has 0 fully saturated rings. The van der Waals surface area contributed by atoms with Gasteiger partial charge in [-0.15, -0.1) is 0 Å². The van der Waals surface area contributed by atoms with E-state index in [4.69, 9.17) is 9.47 Å². The molecule has 0 bridgehead atoms. The molecule has 3 nitrogen and oxygen atoms in total. The van der Waals surface area contributed by atoms with Crippen LogP contribution in [-0.2, 0) is 13.0 Å². The molecule has 0 amide bonds. The number of ether oxygens (including phenoxy) is 2. The lowest BCUT2D eigenvalue weighted by Crippen LogP contribution is -2.05. The Balaban J connectivity index is 2.19. The van der Waals surface area contributed by atoms with Crippen molar-refractivity contribution in [3.05, 3.63) is 64.7 Å². The van der Waals surface area contributed by atoms with E-state index in [1.807, 2.05) is 13.0 Å². The second-order valence-electron chi connectivity index (χ2n) is 5.30. The summed E-state index contributed by atoms with van der Waals surface area (Å²) in [6.45, 7) is 9.57. The number of halogens is 1. The molecule has 2 aromatic carbocycles. The number of hydrogen-bond donors (Lipinski definition) is 1. The van der Waals surface area contributed by atoms with Crippen molar-refractivity contribution in [2.75, 3.05) is 18.5 Å². The minimum absolute atomic E-state index is 0.445. The number of anilines is 1. The molecule has 2 rings (SSSR count). The lowest BCUT2D eigenvalue weighted by Gasteiger charge is -2.16. The minimum Gasteiger partial charge on any atom is -0.490 e. The molecule has 0 saturated heterocycles. The van der Waals surface area contributed by atoms with Gasteiger partial charge in [0.2, 0.25) is 0 Å². The summed E-state index contributed by atoms with van der Waals surface area (Å²) < 4.78 is 12.3. The van der Waals surface area contributed by atoms with E-state index < -0.39 is 0 Å². The molecule has 4 heteroatoms. The molecule has 128 valence electrons. The fourth-order valence-electron chi connectivity index (χ4n) is 2.47. The smallest absolute Gasteiger partial charge is 0.175 e. The van der Waals surface area contributed by atoms with Gasteiger partial charge in [-0.3, -0.25) is 0 Å². The molecule has 0 atom stereocenters. The first-order chi connectivity index (χ1) is 11.7. The third-order valence-corrected chi connectivity index (χ3v) is 4.18. The maximum atomic E-state index is 5.74. The zero-order chi connectivity index (χ0) is 17.4. The van der Waals surface area contributed by atoms with E-state index in [1.165, 1.54) is 11.3 Å². The van der Waals surface area contributed by atoms with Gasteiger partial charge < -0.3 is 14.8 Å². The molecule has 0 spiro atoms. The van der Waals surface area contributed by atoms with Gasteiger partial charge >= 0.3 is 0 Å². The van der Waals surface area contributed by atoms with Gasteiger partial charge in [-0.25, -0.2) is 0 Å². The molecule has 2 aromatic rings. The Bertz CT molecular complexity index is 685. The van der Waals surface area contributed by atoms with Gasteiger partial charge in [-0.1, -0.05) is 37.8 Å². The average Bonchev–Trinajstić information content (AvgIpc) is 2.59. The van der Waals surface area contributed by atoms with Gasteiger partial charge in [0.1, 0.15) is 6.61 Å². The molecular weight excluding hydrogens is 366 g/mol. The van der Waals surface area contributed by atoms with Gasteiger partial charge in [0.15, 0.2) is 11.5 Å². The Kier molecular flexibility index (Phi) is 7.19.